The van der Waals surface area contributed by atoms with Gasteiger partial charge < -0.3 is 15.5 Å². The summed E-state index contributed by atoms with van der Waals surface area (Å²) in [6.45, 7) is 4.36. The van der Waals surface area contributed by atoms with Crippen LogP contribution in [0.15, 0.2) is 0 Å². The van der Waals surface area contributed by atoms with Crippen LogP contribution < -0.4 is 10.6 Å². The number of hydrogen-bond acceptors (Lipinski definition) is 3. The summed E-state index contributed by atoms with van der Waals surface area (Å²) in [5.74, 6) is 0.300. The van der Waals surface area contributed by atoms with E-state index in [1.54, 1.807) is 0 Å². The number of carbonyl (C=O) groups excluding carboxylic acids is 2. The number of amides is 2. The molecule has 18 heavy (non-hydrogen) atoms. The van der Waals surface area contributed by atoms with E-state index in [-0.39, 0.29) is 17.9 Å². The van der Waals surface area contributed by atoms with E-state index in [2.05, 4.69) is 10.6 Å². The lowest BCUT2D eigenvalue weighted by Crippen LogP contribution is -2.40. The summed E-state index contributed by atoms with van der Waals surface area (Å²) in [5.41, 5.74) is 0. The fourth-order valence-electron chi connectivity index (χ4n) is 2.77. The monoisotopic (exact) mass is 253 g/mol. The van der Waals surface area contributed by atoms with Crippen LogP contribution in [0.3, 0.4) is 0 Å². The van der Waals surface area contributed by atoms with Crippen molar-refractivity contribution >= 4 is 11.8 Å². The number of nitrogens with zero attached hydrogens (tertiary/aromatic N) is 1. The van der Waals surface area contributed by atoms with Crippen LogP contribution in [0, 0.1) is 0 Å². The number of carbonyl (C=O) groups is 2. The van der Waals surface area contributed by atoms with Crippen molar-refractivity contribution < 1.29 is 9.59 Å². The minimum atomic E-state index is 0.116. The second kappa shape index (κ2) is 6.18. The van der Waals surface area contributed by atoms with Gasteiger partial charge in [0.1, 0.15) is 0 Å². The quantitative estimate of drug-likeness (QED) is 0.755. The smallest absolute Gasteiger partial charge is 0.222 e. The Bertz CT molecular complexity index is 313. The van der Waals surface area contributed by atoms with Crippen molar-refractivity contribution in [1.82, 2.24) is 15.5 Å². The largest absolute Gasteiger partial charge is 0.351 e. The van der Waals surface area contributed by atoms with Gasteiger partial charge in [0.05, 0.1) is 0 Å². The van der Waals surface area contributed by atoms with Crippen molar-refractivity contribution in [3.05, 3.63) is 0 Å². The van der Waals surface area contributed by atoms with Crippen LogP contribution in [0.5, 0.6) is 0 Å². The lowest BCUT2D eigenvalue weighted by molar-refractivity contribution is -0.130. The maximum absolute atomic E-state index is 11.8. The zero-order chi connectivity index (χ0) is 13.0. The summed E-state index contributed by atoms with van der Waals surface area (Å²) in [4.78, 5) is 25.2. The summed E-state index contributed by atoms with van der Waals surface area (Å²) in [5, 5.41) is 6.37. The Balaban J connectivity index is 1.70. The Kier molecular flexibility index (Phi) is 4.58. The summed E-state index contributed by atoms with van der Waals surface area (Å²) < 4.78 is 0. The molecule has 5 nitrogen and oxygen atoms in total. The van der Waals surface area contributed by atoms with Crippen molar-refractivity contribution in [3.63, 3.8) is 0 Å². The third-order valence-electron chi connectivity index (χ3n) is 3.80. The second-order valence-electron chi connectivity index (χ2n) is 5.24. The second-order valence-corrected chi connectivity index (χ2v) is 5.24. The fraction of sp³-hybridized carbons (Fsp3) is 0.846. The lowest BCUT2D eigenvalue weighted by Gasteiger charge is -2.17. The molecule has 5 heteroatoms. The molecule has 0 radical (unpaired) electrons. The highest BCUT2D eigenvalue weighted by atomic mass is 16.2. The molecule has 2 atom stereocenters. The van der Waals surface area contributed by atoms with Gasteiger partial charge in [-0.15, -0.1) is 0 Å². The van der Waals surface area contributed by atoms with Gasteiger partial charge in [0, 0.05) is 38.0 Å². The molecule has 2 amide bonds. The fourth-order valence-corrected chi connectivity index (χ4v) is 2.77. The van der Waals surface area contributed by atoms with Gasteiger partial charge in [-0.05, 0) is 25.8 Å². The van der Waals surface area contributed by atoms with E-state index >= 15 is 0 Å². The predicted molar refractivity (Wildman–Crippen MR) is 69.1 cm³/mol. The van der Waals surface area contributed by atoms with Crippen LogP contribution in [0.25, 0.3) is 0 Å². The number of nitrogens with one attached hydrogen (secondary N) is 2. The molecule has 0 bridgehead atoms. The maximum Gasteiger partial charge on any atom is 0.222 e. The molecule has 0 aliphatic carbocycles. The first-order valence-corrected chi connectivity index (χ1v) is 6.99. The number of likely N-dealkylation sites (tertiary alicyclic amines) is 1. The maximum atomic E-state index is 11.8. The molecule has 2 saturated heterocycles. The summed E-state index contributed by atoms with van der Waals surface area (Å²) in [6.07, 6.45) is 4.26. The molecule has 102 valence electrons. The first kappa shape index (κ1) is 13.3. The van der Waals surface area contributed by atoms with Crippen molar-refractivity contribution in [2.75, 3.05) is 19.6 Å². The van der Waals surface area contributed by atoms with Gasteiger partial charge in [-0.1, -0.05) is 6.92 Å². The molecule has 0 saturated carbocycles. The molecule has 2 fully saturated rings. The molecule has 2 aliphatic heterocycles. The first-order valence-electron chi connectivity index (χ1n) is 6.99. The van der Waals surface area contributed by atoms with Gasteiger partial charge >= 0.3 is 0 Å². The summed E-state index contributed by atoms with van der Waals surface area (Å²) in [6, 6.07) is 0.495. The molecular formula is C13H23N3O2. The summed E-state index contributed by atoms with van der Waals surface area (Å²) >= 11 is 0. The lowest BCUT2D eigenvalue weighted by atomic mass is 10.1. The SMILES string of the molecule is CCC(=O)N1CCC(NC(=O)CC2CCCN2)C1. The van der Waals surface area contributed by atoms with E-state index in [0.29, 0.717) is 25.4 Å². The van der Waals surface area contributed by atoms with E-state index in [0.717, 1.165) is 25.9 Å². The average Bonchev–Trinajstić information content (AvgIpc) is 2.99. The van der Waals surface area contributed by atoms with Crippen LogP contribution >= 0.6 is 0 Å². The van der Waals surface area contributed by atoms with Crippen LogP contribution in [0.2, 0.25) is 0 Å². The molecule has 2 rings (SSSR count). The molecule has 0 aromatic heterocycles. The van der Waals surface area contributed by atoms with Gasteiger partial charge in [0.2, 0.25) is 11.8 Å². The Morgan fingerprint density at radius 3 is 2.89 bits per heavy atom. The normalized spacial score (nSPS) is 27.5. The van der Waals surface area contributed by atoms with E-state index in [9.17, 15) is 9.59 Å². The number of rotatable bonds is 4. The van der Waals surface area contributed by atoms with Crippen molar-refractivity contribution in [3.8, 4) is 0 Å². The molecular weight excluding hydrogens is 230 g/mol. The van der Waals surface area contributed by atoms with Crippen molar-refractivity contribution in [2.24, 2.45) is 0 Å². The van der Waals surface area contributed by atoms with Crippen molar-refractivity contribution in [2.45, 2.75) is 51.1 Å². The molecule has 2 unspecified atom stereocenters. The molecule has 2 heterocycles. The van der Waals surface area contributed by atoms with Crippen molar-refractivity contribution in [1.29, 1.82) is 0 Å². The molecule has 0 aromatic rings. The van der Waals surface area contributed by atoms with Gasteiger partial charge in [-0.25, -0.2) is 0 Å². The highest BCUT2D eigenvalue weighted by molar-refractivity contribution is 5.78. The zero-order valence-corrected chi connectivity index (χ0v) is 11.1. The van der Waals surface area contributed by atoms with Crippen LogP contribution in [0.4, 0.5) is 0 Å². The minimum Gasteiger partial charge on any atom is -0.351 e. The summed E-state index contributed by atoms with van der Waals surface area (Å²) in [7, 11) is 0. The highest BCUT2D eigenvalue weighted by Gasteiger charge is 2.27. The Hall–Kier alpha value is -1.10. The first-order chi connectivity index (χ1) is 8.69. The molecule has 2 N–H and O–H groups in total. The van der Waals surface area contributed by atoms with E-state index < -0.39 is 0 Å². The van der Waals surface area contributed by atoms with Gasteiger partial charge in [0.15, 0.2) is 0 Å². The van der Waals surface area contributed by atoms with Gasteiger partial charge in [0.25, 0.3) is 0 Å². The van der Waals surface area contributed by atoms with E-state index in [1.165, 1.54) is 6.42 Å². The standard InChI is InChI=1S/C13H23N3O2/c1-2-13(18)16-7-5-11(9-16)15-12(17)8-10-4-3-6-14-10/h10-11,14H,2-9H2,1H3,(H,15,17). The number of hydrogen-bond donors (Lipinski definition) is 2. The zero-order valence-electron chi connectivity index (χ0n) is 11.1. The molecule has 2 aliphatic rings. The average molecular weight is 253 g/mol. The molecule has 0 spiro atoms. The van der Waals surface area contributed by atoms with Crippen LogP contribution in [-0.2, 0) is 9.59 Å². The third kappa shape index (κ3) is 3.45. The molecule has 0 aromatic carbocycles. The topological polar surface area (TPSA) is 61.4 Å². The van der Waals surface area contributed by atoms with Gasteiger partial charge in [-0.2, -0.15) is 0 Å². The van der Waals surface area contributed by atoms with E-state index in [1.807, 2.05) is 11.8 Å². The van der Waals surface area contributed by atoms with Crippen LogP contribution in [-0.4, -0.2) is 48.4 Å². The highest BCUT2D eigenvalue weighted by Crippen LogP contribution is 2.12. The van der Waals surface area contributed by atoms with Gasteiger partial charge in [-0.3, -0.25) is 9.59 Å². The Morgan fingerprint density at radius 1 is 1.39 bits per heavy atom. The predicted octanol–water partition coefficient (Wildman–Crippen LogP) is 0.256. The third-order valence-corrected chi connectivity index (χ3v) is 3.80. The van der Waals surface area contributed by atoms with Crippen LogP contribution in [0.1, 0.15) is 39.0 Å². The minimum absolute atomic E-state index is 0.116. The Morgan fingerprint density at radius 2 is 2.22 bits per heavy atom. The van der Waals surface area contributed by atoms with E-state index in [4.69, 9.17) is 0 Å². The Labute approximate surface area is 108 Å².